The molecule has 5 nitrogen and oxygen atoms in total. The van der Waals surface area contributed by atoms with E-state index in [4.69, 9.17) is 21.1 Å². The summed E-state index contributed by atoms with van der Waals surface area (Å²) in [4.78, 5) is 24.7. The Morgan fingerprint density at radius 1 is 1.07 bits per heavy atom. The highest BCUT2D eigenvalue weighted by Crippen LogP contribution is 2.23. The highest BCUT2D eigenvalue weighted by atomic mass is 35.5. The van der Waals surface area contributed by atoms with Crippen molar-refractivity contribution in [1.29, 1.82) is 0 Å². The molecule has 0 unspecified atom stereocenters. The molecule has 0 saturated heterocycles. The molecule has 1 amide bonds. The van der Waals surface area contributed by atoms with Crippen molar-refractivity contribution in [3.63, 3.8) is 0 Å². The Bertz CT molecular complexity index is 860. The molecule has 6 heteroatoms. The maximum atomic E-state index is 12.5. The molecule has 1 atom stereocenters. The van der Waals surface area contributed by atoms with Gasteiger partial charge < -0.3 is 14.8 Å². The van der Waals surface area contributed by atoms with Crippen molar-refractivity contribution in [3.05, 3.63) is 58.6 Å². The van der Waals surface area contributed by atoms with Crippen molar-refractivity contribution < 1.29 is 19.1 Å². The van der Waals surface area contributed by atoms with E-state index in [1.54, 1.807) is 49.4 Å². The van der Waals surface area contributed by atoms with Crippen LogP contribution in [-0.2, 0) is 9.53 Å². The van der Waals surface area contributed by atoms with E-state index < -0.39 is 6.10 Å². The summed E-state index contributed by atoms with van der Waals surface area (Å²) < 4.78 is 11.2. The largest absolute Gasteiger partial charge is 0.479 e. The maximum absolute atomic E-state index is 12.5. The van der Waals surface area contributed by atoms with E-state index in [1.165, 1.54) is 6.42 Å². The molecule has 0 radical (unpaired) electrons. The molecular weight excluding hydrogens is 390 g/mol. The first kappa shape index (κ1) is 21.2. The molecule has 1 N–H and O–H groups in total. The van der Waals surface area contributed by atoms with Gasteiger partial charge in [0.25, 0.3) is 5.91 Å². The lowest BCUT2D eigenvalue weighted by Crippen LogP contribution is -2.31. The molecule has 0 aliphatic heterocycles. The zero-order valence-electron chi connectivity index (χ0n) is 16.7. The Kier molecular flexibility index (Phi) is 7.15. The van der Waals surface area contributed by atoms with Crippen LogP contribution in [0.3, 0.4) is 0 Å². The normalized spacial score (nSPS) is 15.4. The van der Waals surface area contributed by atoms with Crippen molar-refractivity contribution >= 4 is 29.2 Å². The van der Waals surface area contributed by atoms with E-state index in [2.05, 4.69) is 5.32 Å². The number of aryl methyl sites for hydroxylation is 1. The molecule has 0 spiro atoms. The second-order valence-corrected chi connectivity index (χ2v) is 7.83. The van der Waals surface area contributed by atoms with Gasteiger partial charge in [-0.1, -0.05) is 18.0 Å². The maximum Gasteiger partial charge on any atom is 0.347 e. The molecule has 154 valence electrons. The number of nitrogens with one attached hydrogen (secondary N) is 1. The Hall–Kier alpha value is -2.53. The summed E-state index contributed by atoms with van der Waals surface area (Å²) in [7, 11) is 0. The van der Waals surface area contributed by atoms with E-state index in [-0.39, 0.29) is 18.0 Å². The Labute approximate surface area is 176 Å². The van der Waals surface area contributed by atoms with Crippen LogP contribution < -0.4 is 10.1 Å². The highest BCUT2D eigenvalue weighted by Gasteiger charge is 2.23. The van der Waals surface area contributed by atoms with Crippen LogP contribution in [0.5, 0.6) is 5.75 Å². The van der Waals surface area contributed by atoms with Crippen LogP contribution in [0.15, 0.2) is 42.5 Å². The Balaban J connectivity index is 1.54. The predicted octanol–water partition coefficient (Wildman–Crippen LogP) is 5.54. The zero-order valence-corrected chi connectivity index (χ0v) is 17.5. The topological polar surface area (TPSA) is 64.6 Å². The number of carbonyl (C=O) groups excluding carboxylic acids is 2. The van der Waals surface area contributed by atoms with Crippen molar-refractivity contribution in [1.82, 2.24) is 0 Å². The minimum atomic E-state index is -0.701. The summed E-state index contributed by atoms with van der Waals surface area (Å²) in [5.41, 5.74) is 2.08. The standard InChI is InChI=1S/C23H26ClNO4/c1-15-14-18(24)10-13-21(15)25-22(26)17-8-11-20(12-9-17)28-16(2)23(27)29-19-6-4-3-5-7-19/h8-14,16,19H,3-7H2,1-2H3,(H,25,26)/t16-/m1/s1. The zero-order chi connectivity index (χ0) is 20.8. The number of hydrogen-bond donors (Lipinski definition) is 1. The second-order valence-electron chi connectivity index (χ2n) is 7.39. The number of rotatable bonds is 6. The summed E-state index contributed by atoms with van der Waals surface area (Å²) in [6.45, 7) is 3.56. The van der Waals surface area contributed by atoms with Crippen molar-refractivity contribution in [3.8, 4) is 5.75 Å². The van der Waals surface area contributed by atoms with Gasteiger partial charge in [0.05, 0.1) is 0 Å². The van der Waals surface area contributed by atoms with E-state index in [0.717, 1.165) is 31.2 Å². The number of ether oxygens (including phenoxy) is 2. The van der Waals surface area contributed by atoms with Crippen LogP contribution in [0.1, 0.15) is 54.9 Å². The smallest absolute Gasteiger partial charge is 0.347 e. The van der Waals surface area contributed by atoms with Gasteiger partial charge in [-0.3, -0.25) is 4.79 Å². The van der Waals surface area contributed by atoms with E-state index >= 15 is 0 Å². The van der Waals surface area contributed by atoms with Gasteiger partial charge in [-0.15, -0.1) is 0 Å². The van der Waals surface area contributed by atoms with Gasteiger partial charge in [-0.05, 0) is 87.6 Å². The van der Waals surface area contributed by atoms with Crippen LogP contribution >= 0.6 is 11.6 Å². The molecule has 2 aromatic carbocycles. The number of hydrogen-bond acceptors (Lipinski definition) is 4. The Morgan fingerprint density at radius 2 is 1.76 bits per heavy atom. The summed E-state index contributed by atoms with van der Waals surface area (Å²) in [6, 6.07) is 12.0. The number of benzene rings is 2. The average Bonchev–Trinajstić information content (AvgIpc) is 2.71. The summed E-state index contributed by atoms with van der Waals surface area (Å²) in [6.07, 6.45) is 4.57. The number of halogens is 1. The van der Waals surface area contributed by atoms with Gasteiger partial charge in [0.2, 0.25) is 0 Å². The number of amides is 1. The molecule has 1 aliphatic carbocycles. The summed E-state index contributed by atoms with van der Waals surface area (Å²) >= 11 is 5.95. The highest BCUT2D eigenvalue weighted by molar-refractivity contribution is 6.30. The molecular formula is C23H26ClNO4. The molecule has 3 rings (SSSR count). The van der Waals surface area contributed by atoms with Crippen LogP contribution in [0, 0.1) is 6.92 Å². The summed E-state index contributed by atoms with van der Waals surface area (Å²) in [5, 5.41) is 3.49. The molecule has 2 aromatic rings. The van der Waals surface area contributed by atoms with Crippen LogP contribution in [0.4, 0.5) is 5.69 Å². The molecule has 0 aromatic heterocycles. The van der Waals surface area contributed by atoms with E-state index in [1.807, 2.05) is 6.92 Å². The van der Waals surface area contributed by atoms with Gasteiger partial charge >= 0.3 is 5.97 Å². The lowest BCUT2D eigenvalue weighted by Gasteiger charge is -2.23. The van der Waals surface area contributed by atoms with Crippen LogP contribution in [-0.4, -0.2) is 24.1 Å². The van der Waals surface area contributed by atoms with E-state index in [9.17, 15) is 9.59 Å². The number of carbonyl (C=O) groups is 2. The third-order valence-corrected chi connectivity index (χ3v) is 5.27. The fraction of sp³-hybridized carbons (Fsp3) is 0.391. The molecule has 1 fully saturated rings. The fourth-order valence-corrected chi connectivity index (χ4v) is 3.57. The van der Waals surface area contributed by atoms with E-state index in [0.29, 0.717) is 22.0 Å². The number of anilines is 1. The molecule has 29 heavy (non-hydrogen) atoms. The van der Waals surface area contributed by atoms with Crippen LogP contribution in [0.25, 0.3) is 0 Å². The molecule has 1 saturated carbocycles. The quantitative estimate of drug-likeness (QED) is 0.628. The first-order valence-electron chi connectivity index (χ1n) is 9.97. The minimum absolute atomic E-state index is 0.00435. The SMILES string of the molecule is Cc1cc(Cl)ccc1NC(=O)c1ccc(O[C@H](C)C(=O)OC2CCCCC2)cc1. The second kappa shape index (κ2) is 9.79. The third-order valence-electron chi connectivity index (χ3n) is 5.03. The van der Waals surface area contributed by atoms with Gasteiger partial charge in [0, 0.05) is 16.3 Å². The molecule has 0 bridgehead atoms. The van der Waals surface area contributed by atoms with Crippen molar-refractivity contribution in [2.75, 3.05) is 5.32 Å². The first-order valence-corrected chi connectivity index (χ1v) is 10.3. The first-order chi connectivity index (χ1) is 13.9. The Morgan fingerprint density at radius 3 is 2.41 bits per heavy atom. The lowest BCUT2D eigenvalue weighted by molar-refractivity contribution is -0.158. The van der Waals surface area contributed by atoms with Gasteiger partial charge in [-0.25, -0.2) is 4.79 Å². The van der Waals surface area contributed by atoms with Gasteiger partial charge in [0.15, 0.2) is 6.10 Å². The summed E-state index contributed by atoms with van der Waals surface area (Å²) in [5.74, 6) is -0.0685. The molecule has 1 aliphatic rings. The minimum Gasteiger partial charge on any atom is -0.479 e. The van der Waals surface area contributed by atoms with Crippen molar-refractivity contribution in [2.45, 2.75) is 58.2 Å². The van der Waals surface area contributed by atoms with Gasteiger partial charge in [-0.2, -0.15) is 0 Å². The van der Waals surface area contributed by atoms with Crippen molar-refractivity contribution in [2.24, 2.45) is 0 Å². The van der Waals surface area contributed by atoms with Crippen LogP contribution in [0.2, 0.25) is 5.02 Å². The lowest BCUT2D eigenvalue weighted by atomic mass is 9.98. The van der Waals surface area contributed by atoms with Gasteiger partial charge in [0.1, 0.15) is 11.9 Å². The average molecular weight is 416 g/mol. The molecule has 0 heterocycles. The number of esters is 1. The fourth-order valence-electron chi connectivity index (χ4n) is 3.34. The monoisotopic (exact) mass is 415 g/mol. The predicted molar refractivity (Wildman–Crippen MR) is 114 cm³/mol. The third kappa shape index (κ3) is 5.97.